The molecule has 0 fully saturated rings. The van der Waals surface area contributed by atoms with E-state index in [1.807, 2.05) is 42.5 Å². The second-order valence-corrected chi connectivity index (χ2v) is 5.63. The van der Waals surface area contributed by atoms with Gasteiger partial charge in [-0.3, -0.25) is 10.4 Å². The van der Waals surface area contributed by atoms with Gasteiger partial charge in [0.25, 0.3) is 0 Å². The molecule has 1 aromatic heterocycles. The van der Waals surface area contributed by atoms with E-state index >= 15 is 0 Å². The maximum atomic E-state index is 12.0. The third-order valence-electron chi connectivity index (χ3n) is 3.10. The summed E-state index contributed by atoms with van der Waals surface area (Å²) in [5.74, 6) is 0.560. The largest absolute Gasteiger partial charge is 0.444 e. The molecule has 0 aliphatic heterocycles. The Kier molecular flexibility index (Phi) is 4.68. The number of H-pyrrole nitrogens is 1. The first-order valence-corrected chi connectivity index (χ1v) is 7.64. The Morgan fingerprint density at radius 2 is 2.04 bits per heavy atom. The number of nitrogens with zero attached hydrogens (tertiary/aromatic N) is 2. The number of aromatic nitrogens is 3. The summed E-state index contributed by atoms with van der Waals surface area (Å²) < 4.78 is 6.09. The zero-order chi connectivity index (χ0) is 16.1. The molecule has 3 aromatic rings. The fraction of sp³-hybridized carbons (Fsp3) is 0.0625. The number of rotatable bonds is 4. The van der Waals surface area contributed by atoms with Gasteiger partial charge in [-0.25, -0.2) is 9.78 Å². The molecule has 1 heterocycles. The molecule has 116 valence electrons. The van der Waals surface area contributed by atoms with Crippen molar-refractivity contribution in [3.63, 3.8) is 0 Å². The van der Waals surface area contributed by atoms with Crippen molar-refractivity contribution in [2.45, 2.75) is 6.61 Å². The Labute approximate surface area is 141 Å². The van der Waals surface area contributed by atoms with Gasteiger partial charge in [-0.2, -0.15) is 5.10 Å². The lowest BCUT2D eigenvalue weighted by Gasteiger charge is -2.10. The molecule has 2 aromatic carbocycles. The van der Waals surface area contributed by atoms with Gasteiger partial charge in [0.2, 0.25) is 0 Å². The molecule has 0 atom stereocenters. The van der Waals surface area contributed by atoms with Crippen LogP contribution in [0, 0.1) is 0 Å². The van der Waals surface area contributed by atoms with Crippen molar-refractivity contribution in [2.24, 2.45) is 0 Å². The second-order valence-electron chi connectivity index (χ2n) is 4.71. The van der Waals surface area contributed by atoms with Crippen molar-refractivity contribution in [1.29, 1.82) is 0 Å². The first-order chi connectivity index (χ1) is 11.2. The topological polar surface area (TPSA) is 79.9 Å². The van der Waals surface area contributed by atoms with E-state index in [4.69, 9.17) is 4.74 Å². The fourth-order valence-electron chi connectivity index (χ4n) is 2.03. The summed E-state index contributed by atoms with van der Waals surface area (Å²) in [6.07, 6.45) is 0.880. The predicted molar refractivity (Wildman–Crippen MR) is 89.8 cm³/mol. The normalized spacial score (nSPS) is 10.3. The third-order valence-corrected chi connectivity index (χ3v) is 3.59. The van der Waals surface area contributed by atoms with Crippen LogP contribution in [0.2, 0.25) is 0 Å². The highest BCUT2D eigenvalue weighted by atomic mass is 79.9. The smallest absolute Gasteiger partial charge is 0.411 e. The van der Waals surface area contributed by atoms with Crippen LogP contribution in [0.15, 0.2) is 59.3 Å². The van der Waals surface area contributed by atoms with E-state index in [1.165, 1.54) is 6.33 Å². The Morgan fingerprint density at radius 1 is 1.22 bits per heavy atom. The van der Waals surface area contributed by atoms with Gasteiger partial charge in [-0.15, -0.1) is 0 Å². The minimum atomic E-state index is -0.531. The summed E-state index contributed by atoms with van der Waals surface area (Å²) in [5.41, 5.74) is 2.23. The van der Waals surface area contributed by atoms with E-state index in [0.29, 0.717) is 17.1 Å². The average Bonchev–Trinajstić information content (AvgIpc) is 3.10. The number of hydrogen-bond acceptors (Lipinski definition) is 4. The molecule has 0 radical (unpaired) electrons. The number of carbonyl (C=O) groups is 1. The van der Waals surface area contributed by atoms with Crippen molar-refractivity contribution < 1.29 is 9.53 Å². The van der Waals surface area contributed by atoms with Crippen molar-refractivity contribution in [3.05, 3.63) is 64.9 Å². The van der Waals surface area contributed by atoms with E-state index in [1.54, 1.807) is 6.07 Å². The summed E-state index contributed by atoms with van der Waals surface area (Å²) in [6.45, 7) is 0.209. The number of benzene rings is 2. The van der Waals surface area contributed by atoms with Gasteiger partial charge in [0.15, 0.2) is 5.82 Å². The summed E-state index contributed by atoms with van der Waals surface area (Å²) >= 11 is 3.40. The van der Waals surface area contributed by atoms with E-state index < -0.39 is 6.09 Å². The van der Waals surface area contributed by atoms with E-state index in [2.05, 4.69) is 36.4 Å². The van der Waals surface area contributed by atoms with Crippen molar-refractivity contribution >= 4 is 27.7 Å². The van der Waals surface area contributed by atoms with Crippen LogP contribution < -0.4 is 5.32 Å². The zero-order valence-corrected chi connectivity index (χ0v) is 13.6. The fourth-order valence-corrected chi connectivity index (χ4v) is 2.39. The number of carbonyl (C=O) groups excluding carboxylic acids is 1. The number of aromatic amines is 1. The Bertz CT molecular complexity index is 791. The molecule has 0 aliphatic carbocycles. The second kappa shape index (κ2) is 7.06. The molecular weight excluding hydrogens is 360 g/mol. The van der Waals surface area contributed by atoms with Crippen LogP contribution in [0.3, 0.4) is 0 Å². The Morgan fingerprint density at radius 3 is 2.78 bits per heavy atom. The monoisotopic (exact) mass is 372 g/mol. The van der Waals surface area contributed by atoms with Crippen molar-refractivity contribution in [2.75, 3.05) is 5.32 Å². The minimum absolute atomic E-state index is 0.209. The van der Waals surface area contributed by atoms with Crippen LogP contribution in [-0.4, -0.2) is 21.3 Å². The zero-order valence-electron chi connectivity index (χ0n) is 12.0. The maximum Gasteiger partial charge on any atom is 0.411 e. The highest BCUT2D eigenvalue weighted by molar-refractivity contribution is 9.10. The summed E-state index contributed by atoms with van der Waals surface area (Å²) in [5, 5.41) is 9.33. The van der Waals surface area contributed by atoms with Gasteiger partial charge >= 0.3 is 6.09 Å². The number of anilines is 1. The number of amides is 1. The molecule has 0 saturated carbocycles. The molecule has 1 amide bonds. The van der Waals surface area contributed by atoms with Gasteiger partial charge in [0, 0.05) is 10.0 Å². The first-order valence-electron chi connectivity index (χ1n) is 6.85. The number of hydrogen-bond donors (Lipinski definition) is 2. The van der Waals surface area contributed by atoms with Gasteiger partial charge in [0.05, 0.1) is 5.69 Å². The van der Waals surface area contributed by atoms with Crippen molar-refractivity contribution in [1.82, 2.24) is 15.2 Å². The number of nitrogens with one attached hydrogen (secondary N) is 2. The molecule has 0 spiro atoms. The van der Waals surface area contributed by atoms with Crippen LogP contribution in [0.25, 0.3) is 11.4 Å². The molecule has 2 N–H and O–H groups in total. The highest BCUT2D eigenvalue weighted by Crippen LogP contribution is 2.28. The predicted octanol–water partition coefficient (Wildman–Crippen LogP) is 3.98. The van der Waals surface area contributed by atoms with Gasteiger partial charge in [-0.1, -0.05) is 46.3 Å². The molecule has 0 bridgehead atoms. The SMILES string of the molecule is O=C(Nc1ccc(Br)cc1-c1ncn[nH]1)OCc1ccccc1. The van der Waals surface area contributed by atoms with Crippen molar-refractivity contribution in [3.8, 4) is 11.4 Å². The minimum Gasteiger partial charge on any atom is -0.444 e. The molecule has 7 heteroatoms. The molecule has 23 heavy (non-hydrogen) atoms. The lowest BCUT2D eigenvalue weighted by atomic mass is 10.1. The first kappa shape index (κ1) is 15.2. The Hall–Kier alpha value is -2.67. The van der Waals surface area contributed by atoms with E-state index in [9.17, 15) is 4.79 Å². The van der Waals surface area contributed by atoms with Gasteiger partial charge in [-0.05, 0) is 23.8 Å². The van der Waals surface area contributed by atoms with Crippen LogP contribution in [0.1, 0.15) is 5.56 Å². The third kappa shape index (κ3) is 3.95. The summed E-state index contributed by atoms with van der Waals surface area (Å²) in [4.78, 5) is 16.1. The van der Waals surface area contributed by atoms with Crippen LogP contribution >= 0.6 is 15.9 Å². The highest BCUT2D eigenvalue weighted by Gasteiger charge is 2.12. The summed E-state index contributed by atoms with van der Waals surface area (Å²) in [6, 6.07) is 14.9. The lowest BCUT2D eigenvalue weighted by molar-refractivity contribution is 0.155. The van der Waals surface area contributed by atoms with Crippen LogP contribution in [0.5, 0.6) is 0 Å². The van der Waals surface area contributed by atoms with E-state index in [-0.39, 0.29) is 6.61 Å². The van der Waals surface area contributed by atoms with Crippen LogP contribution in [-0.2, 0) is 11.3 Å². The average molecular weight is 373 g/mol. The molecule has 0 saturated heterocycles. The van der Waals surface area contributed by atoms with E-state index in [0.717, 1.165) is 10.0 Å². The van der Waals surface area contributed by atoms with Gasteiger partial charge < -0.3 is 4.74 Å². The lowest BCUT2D eigenvalue weighted by Crippen LogP contribution is -2.14. The molecule has 0 aliphatic rings. The Balaban J connectivity index is 1.71. The standard InChI is InChI=1S/C16H13BrN4O2/c17-12-6-7-14(13(8-12)15-18-10-19-21-15)20-16(22)23-9-11-4-2-1-3-5-11/h1-8,10H,9H2,(H,20,22)(H,18,19,21). The molecule has 0 unspecified atom stereocenters. The summed E-state index contributed by atoms with van der Waals surface area (Å²) in [7, 11) is 0. The van der Waals surface area contributed by atoms with Crippen LogP contribution in [0.4, 0.5) is 10.5 Å². The van der Waals surface area contributed by atoms with Gasteiger partial charge in [0.1, 0.15) is 12.9 Å². The number of halogens is 1. The number of ether oxygens (including phenoxy) is 1. The maximum absolute atomic E-state index is 12.0. The molecule has 3 rings (SSSR count). The molecule has 6 nitrogen and oxygen atoms in total. The molecular formula is C16H13BrN4O2. The quantitative estimate of drug-likeness (QED) is 0.725.